The van der Waals surface area contributed by atoms with Gasteiger partial charge in [-0.2, -0.15) is 0 Å². The van der Waals surface area contributed by atoms with Crippen LogP contribution < -0.4 is 0 Å². The van der Waals surface area contributed by atoms with Crippen molar-refractivity contribution in [1.82, 2.24) is 0 Å². The van der Waals surface area contributed by atoms with Crippen molar-refractivity contribution in [3.05, 3.63) is 11.6 Å². The number of hydrogen-bond donors (Lipinski definition) is 0. The molecule has 0 aromatic rings. The number of alkyl halides is 1. The average Bonchev–Trinajstić information content (AvgIpc) is 3.35. The molecule has 7 atom stereocenters. The molecule has 0 amide bonds. The second-order valence-electron chi connectivity index (χ2n) is 11.9. The first kappa shape index (κ1) is 21.6. The molecule has 0 heterocycles. The SMILES string of the molecule is C[C@]12CCC(=O)C=C1CC[C@@H]1[C@H]2C(F)C[C@]2(C)C(OC(=O)CCC3CCCC3)CC[C@@H]12. The maximum atomic E-state index is 15.9. The smallest absolute Gasteiger partial charge is 0.306 e. The molecule has 4 saturated carbocycles. The zero-order valence-corrected chi connectivity index (χ0v) is 19.3. The Kier molecular flexibility index (Phi) is 5.58. The summed E-state index contributed by atoms with van der Waals surface area (Å²) in [4.78, 5) is 24.7. The summed E-state index contributed by atoms with van der Waals surface area (Å²) in [5, 5.41) is 0. The fourth-order valence-corrected chi connectivity index (χ4v) is 8.60. The van der Waals surface area contributed by atoms with Crippen LogP contribution >= 0.6 is 0 Å². The maximum Gasteiger partial charge on any atom is 0.306 e. The van der Waals surface area contributed by atoms with Gasteiger partial charge in [-0.1, -0.05) is 45.1 Å². The Morgan fingerprint density at radius 1 is 1.13 bits per heavy atom. The lowest BCUT2D eigenvalue weighted by Gasteiger charge is -2.58. The predicted molar refractivity (Wildman–Crippen MR) is 118 cm³/mol. The second-order valence-corrected chi connectivity index (χ2v) is 11.9. The maximum absolute atomic E-state index is 15.9. The van der Waals surface area contributed by atoms with E-state index in [4.69, 9.17) is 4.74 Å². The quantitative estimate of drug-likeness (QED) is 0.488. The summed E-state index contributed by atoms with van der Waals surface area (Å²) < 4.78 is 22.0. The van der Waals surface area contributed by atoms with Gasteiger partial charge in [0.15, 0.2) is 5.78 Å². The van der Waals surface area contributed by atoms with E-state index in [1.807, 2.05) is 6.08 Å². The number of esters is 1. The third-order valence-corrected chi connectivity index (χ3v) is 10.3. The Morgan fingerprint density at radius 2 is 1.90 bits per heavy atom. The van der Waals surface area contributed by atoms with Gasteiger partial charge in [0.1, 0.15) is 12.3 Å². The first-order valence-electron chi connectivity index (χ1n) is 12.9. The second kappa shape index (κ2) is 7.99. The number of hydrogen-bond acceptors (Lipinski definition) is 3. The molecule has 5 aliphatic rings. The Hall–Kier alpha value is -1.19. The monoisotopic (exact) mass is 430 g/mol. The molecule has 0 spiro atoms. The molecular weight excluding hydrogens is 391 g/mol. The highest BCUT2D eigenvalue weighted by Crippen LogP contribution is 2.66. The summed E-state index contributed by atoms with van der Waals surface area (Å²) in [7, 11) is 0. The fourth-order valence-electron chi connectivity index (χ4n) is 8.60. The molecule has 31 heavy (non-hydrogen) atoms. The van der Waals surface area contributed by atoms with Gasteiger partial charge < -0.3 is 4.74 Å². The van der Waals surface area contributed by atoms with Crippen LogP contribution in [0.2, 0.25) is 0 Å². The highest BCUT2D eigenvalue weighted by atomic mass is 19.1. The van der Waals surface area contributed by atoms with Gasteiger partial charge in [0.2, 0.25) is 0 Å². The predicted octanol–water partition coefficient (Wildman–Crippen LogP) is 6.35. The normalized spacial score (nSPS) is 44.9. The molecule has 4 heteroatoms. The van der Waals surface area contributed by atoms with Gasteiger partial charge >= 0.3 is 5.97 Å². The number of carbonyl (C=O) groups excluding carboxylic acids is 2. The first-order chi connectivity index (χ1) is 14.8. The van der Waals surface area contributed by atoms with Crippen molar-refractivity contribution in [2.45, 2.75) is 110 Å². The summed E-state index contributed by atoms with van der Waals surface area (Å²) in [5.41, 5.74) is 0.781. The van der Waals surface area contributed by atoms with Crippen LogP contribution in [0.25, 0.3) is 0 Å². The van der Waals surface area contributed by atoms with E-state index < -0.39 is 6.17 Å². The number of allylic oxidation sites excluding steroid dienone is 1. The van der Waals surface area contributed by atoms with E-state index in [1.165, 1.54) is 31.3 Å². The number of ether oxygens (including phenoxy) is 1. The summed E-state index contributed by atoms with van der Waals surface area (Å²) in [5.74, 6) is 1.61. The lowest BCUT2D eigenvalue weighted by atomic mass is 9.47. The number of rotatable bonds is 4. The molecule has 5 aliphatic carbocycles. The highest BCUT2D eigenvalue weighted by Gasteiger charge is 2.63. The zero-order chi connectivity index (χ0) is 21.8. The zero-order valence-electron chi connectivity index (χ0n) is 19.3. The van der Waals surface area contributed by atoms with E-state index in [9.17, 15) is 9.59 Å². The van der Waals surface area contributed by atoms with Gasteiger partial charge in [-0.05, 0) is 74.2 Å². The van der Waals surface area contributed by atoms with E-state index in [1.54, 1.807) is 0 Å². The largest absolute Gasteiger partial charge is 0.462 e. The van der Waals surface area contributed by atoms with Gasteiger partial charge in [-0.3, -0.25) is 9.59 Å². The molecule has 0 bridgehead atoms. The van der Waals surface area contributed by atoms with Crippen molar-refractivity contribution in [2.75, 3.05) is 0 Å². The topological polar surface area (TPSA) is 43.4 Å². The van der Waals surface area contributed by atoms with Gasteiger partial charge in [0, 0.05) is 24.2 Å². The number of halogens is 1. The molecule has 5 rings (SSSR count). The lowest BCUT2D eigenvalue weighted by Crippen LogP contribution is -2.56. The van der Waals surface area contributed by atoms with Crippen LogP contribution in [0.5, 0.6) is 0 Å². The van der Waals surface area contributed by atoms with Crippen molar-refractivity contribution in [2.24, 2.45) is 34.5 Å². The van der Waals surface area contributed by atoms with Crippen LogP contribution in [-0.4, -0.2) is 24.0 Å². The summed E-state index contributed by atoms with van der Waals surface area (Å²) >= 11 is 0. The van der Waals surface area contributed by atoms with Crippen molar-refractivity contribution < 1.29 is 18.7 Å². The lowest BCUT2D eigenvalue weighted by molar-refractivity contribution is -0.165. The number of carbonyl (C=O) groups is 2. The van der Waals surface area contributed by atoms with E-state index in [0.717, 1.165) is 38.5 Å². The Bertz CT molecular complexity index is 768. The van der Waals surface area contributed by atoms with Gasteiger partial charge in [-0.15, -0.1) is 0 Å². The minimum absolute atomic E-state index is 0.00972. The summed E-state index contributed by atoms with van der Waals surface area (Å²) in [6.07, 6.45) is 13.1. The molecule has 0 N–H and O–H groups in total. The summed E-state index contributed by atoms with van der Waals surface area (Å²) in [6, 6.07) is 0. The van der Waals surface area contributed by atoms with Crippen LogP contribution in [0.15, 0.2) is 11.6 Å². The van der Waals surface area contributed by atoms with Crippen LogP contribution in [0.3, 0.4) is 0 Å². The average molecular weight is 431 g/mol. The minimum Gasteiger partial charge on any atom is -0.462 e. The molecule has 0 saturated heterocycles. The standard InChI is InChI=1S/C27H39FO3/c1-26-14-13-19(29)15-18(26)8-9-20-21-10-11-23(27(21,2)16-22(28)25(20)26)31-24(30)12-7-17-5-3-4-6-17/h15,17,20-23,25H,3-14,16H2,1-2H3/t20-,21-,22?,23?,25-,26-,27-/m0/s1. The van der Waals surface area contributed by atoms with E-state index in [-0.39, 0.29) is 34.6 Å². The number of ketones is 1. The molecule has 0 aromatic carbocycles. The van der Waals surface area contributed by atoms with Crippen molar-refractivity contribution in [1.29, 1.82) is 0 Å². The van der Waals surface area contributed by atoms with Crippen LogP contribution in [0.4, 0.5) is 4.39 Å². The fraction of sp³-hybridized carbons (Fsp3) is 0.852. The number of fused-ring (bicyclic) bond motifs is 5. The van der Waals surface area contributed by atoms with Crippen LogP contribution in [-0.2, 0) is 14.3 Å². The molecule has 3 nitrogen and oxygen atoms in total. The first-order valence-corrected chi connectivity index (χ1v) is 12.9. The molecule has 0 aromatic heterocycles. The van der Waals surface area contributed by atoms with E-state index in [0.29, 0.717) is 37.0 Å². The molecular formula is C27H39FO3. The van der Waals surface area contributed by atoms with Gasteiger partial charge in [0.25, 0.3) is 0 Å². The van der Waals surface area contributed by atoms with Gasteiger partial charge in [-0.25, -0.2) is 4.39 Å². The Morgan fingerprint density at radius 3 is 2.68 bits per heavy atom. The van der Waals surface area contributed by atoms with Crippen LogP contribution in [0, 0.1) is 34.5 Å². The third-order valence-electron chi connectivity index (χ3n) is 10.3. The third kappa shape index (κ3) is 3.60. The molecule has 2 unspecified atom stereocenters. The minimum atomic E-state index is -0.883. The molecule has 172 valence electrons. The van der Waals surface area contributed by atoms with Crippen molar-refractivity contribution >= 4 is 11.8 Å². The van der Waals surface area contributed by atoms with Crippen molar-refractivity contribution in [3.8, 4) is 0 Å². The van der Waals surface area contributed by atoms with Crippen LogP contribution in [0.1, 0.15) is 97.3 Å². The highest BCUT2D eigenvalue weighted by molar-refractivity contribution is 5.91. The van der Waals surface area contributed by atoms with E-state index in [2.05, 4.69) is 13.8 Å². The molecule has 0 aliphatic heterocycles. The Balaban J connectivity index is 1.29. The Labute approximate surface area is 186 Å². The van der Waals surface area contributed by atoms with Gasteiger partial charge in [0.05, 0.1) is 0 Å². The molecule has 4 fully saturated rings. The van der Waals surface area contributed by atoms with Crippen molar-refractivity contribution in [3.63, 3.8) is 0 Å². The van der Waals surface area contributed by atoms with E-state index >= 15 is 4.39 Å². The summed E-state index contributed by atoms with van der Waals surface area (Å²) in [6.45, 7) is 4.41. The molecule has 0 radical (unpaired) electrons.